The number of ether oxygens (including phenoxy) is 1. The average molecular weight is 691 g/mol. The summed E-state index contributed by atoms with van der Waals surface area (Å²) in [7, 11) is 1.76. The van der Waals surface area contributed by atoms with Gasteiger partial charge in [0, 0.05) is 30.3 Å². The van der Waals surface area contributed by atoms with Crippen molar-refractivity contribution in [3.63, 3.8) is 0 Å². The van der Waals surface area contributed by atoms with Crippen molar-refractivity contribution in [3.05, 3.63) is 29.8 Å². The van der Waals surface area contributed by atoms with Crippen molar-refractivity contribution in [2.75, 3.05) is 25.1 Å². The second-order valence-corrected chi connectivity index (χ2v) is 16.2. The van der Waals surface area contributed by atoms with Crippen molar-refractivity contribution >= 4 is 22.8 Å². The van der Waals surface area contributed by atoms with Gasteiger partial charge in [-0.2, -0.15) is 5.10 Å². The number of aromatic nitrogens is 3. The van der Waals surface area contributed by atoms with E-state index < -0.39 is 0 Å². The Balaban J connectivity index is 1.69. The van der Waals surface area contributed by atoms with Gasteiger partial charge in [0.05, 0.1) is 12.8 Å². The Morgan fingerprint density at radius 1 is 0.740 bits per heavy atom. The fraction of sp³-hybridized carbons (Fsp3) is 0.767. The lowest BCUT2D eigenvalue weighted by molar-refractivity contribution is 0.416. The van der Waals surface area contributed by atoms with Gasteiger partial charge >= 0.3 is 0 Å². The summed E-state index contributed by atoms with van der Waals surface area (Å²) in [6.07, 6.45) is 28.0. The maximum absolute atomic E-state index is 6.00. The van der Waals surface area contributed by atoms with E-state index in [2.05, 4.69) is 71.6 Å². The second-order valence-electron chi connectivity index (χ2n) is 16.2. The molecule has 0 amide bonds. The zero-order valence-electron chi connectivity index (χ0n) is 33.7. The number of benzene rings is 1. The van der Waals surface area contributed by atoms with Crippen LogP contribution in [0.5, 0.6) is 5.75 Å². The number of unbranched alkanes of at least 4 members (excludes halogenated alkanes) is 18. The molecule has 1 aliphatic rings. The molecule has 282 valence electrons. The van der Waals surface area contributed by atoms with Crippen LogP contribution in [0.2, 0.25) is 0 Å². The Morgan fingerprint density at radius 2 is 1.24 bits per heavy atom. The molecule has 0 unspecified atom stereocenters. The first-order valence-corrected chi connectivity index (χ1v) is 20.8. The van der Waals surface area contributed by atoms with Crippen molar-refractivity contribution < 1.29 is 4.74 Å². The molecule has 0 N–H and O–H groups in total. The van der Waals surface area contributed by atoms with E-state index in [1.54, 1.807) is 11.9 Å². The quantitative estimate of drug-likeness (QED) is 0.0875. The minimum absolute atomic E-state index is 0.165. The molecule has 50 heavy (non-hydrogen) atoms. The number of fused-ring (bicyclic) bond motifs is 1. The van der Waals surface area contributed by atoms with E-state index in [-0.39, 0.29) is 5.41 Å². The summed E-state index contributed by atoms with van der Waals surface area (Å²) >= 11 is 0. The van der Waals surface area contributed by atoms with Gasteiger partial charge in [-0.3, -0.25) is 0 Å². The summed E-state index contributed by atoms with van der Waals surface area (Å²) in [5.41, 5.74) is 3.62. The summed E-state index contributed by atoms with van der Waals surface area (Å²) in [5.74, 6) is 2.74. The van der Waals surface area contributed by atoms with Gasteiger partial charge in [0.2, 0.25) is 5.82 Å². The molecular weight excluding hydrogens is 617 g/mol. The van der Waals surface area contributed by atoms with Gasteiger partial charge in [0.25, 0.3) is 0 Å². The SMILES string of the molecule is CCCCCCCCCCCCN(CCCCCCCCCCCC)c1ccc(N=C2C(CC(C)C)=Nn3nc(C(C)(C)C)nc32)c(OC)c1. The molecule has 2 heterocycles. The lowest BCUT2D eigenvalue weighted by Crippen LogP contribution is -2.25. The lowest BCUT2D eigenvalue weighted by Gasteiger charge is -2.26. The van der Waals surface area contributed by atoms with E-state index in [9.17, 15) is 0 Å². The maximum Gasteiger partial charge on any atom is 0.204 e. The summed E-state index contributed by atoms with van der Waals surface area (Å²) in [6, 6.07) is 6.57. The van der Waals surface area contributed by atoms with E-state index in [0.29, 0.717) is 5.92 Å². The van der Waals surface area contributed by atoms with Crippen molar-refractivity contribution in [2.45, 2.75) is 189 Å². The topological polar surface area (TPSA) is 67.9 Å². The molecule has 1 aromatic carbocycles. The first kappa shape index (κ1) is 41.7. The van der Waals surface area contributed by atoms with Crippen LogP contribution in [-0.2, 0) is 5.41 Å². The van der Waals surface area contributed by atoms with E-state index in [4.69, 9.17) is 24.9 Å². The number of nitrogens with zero attached hydrogens (tertiary/aromatic N) is 6. The number of anilines is 1. The third-order valence-electron chi connectivity index (χ3n) is 9.89. The van der Waals surface area contributed by atoms with Crippen molar-refractivity contribution in [2.24, 2.45) is 16.0 Å². The Labute approximate surface area is 307 Å². The largest absolute Gasteiger partial charge is 0.494 e. The molecular formula is C43H74N6O. The molecule has 3 rings (SSSR count). The van der Waals surface area contributed by atoms with Crippen molar-refractivity contribution in [3.8, 4) is 5.75 Å². The predicted molar refractivity (Wildman–Crippen MR) is 216 cm³/mol. The number of hydrogen-bond donors (Lipinski definition) is 0. The van der Waals surface area contributed by atoms with Crippen LogP contribution in [-0.4, -0.2) is 46.5 Å². The minimum Gasteiger partial charge on any atom is -0.494 e. The molecule has 0 saturated carbocycles. The minimum atomic E-state index is -0.165. The molecule has 0 fully saturated rings. The molecule has 0 spiro atoms. The maximum atomic E-state index is 6.00. The monoisotopic (exact) mass is 691 g/mol. The van der Waals surface area contributed by atoms with E-state index in [1.807, 2.05) is 0 Å². The van der Waals surface area contributed by atoms with Gasteiger partial charge in [0.1, 0.15) is 17.1 Å². The molecule has 0 saturated heterocycles. The van der Waals surface area contributed by atoms with Gasteiger partial charge < -0.3 is 9.64 Å². The Kier molecular flexibility index (Phi) is 19.2. The third kappa shape index (κ3) is 14.5. The van der Waals surface area contributed by atoms with Crippen molar-refractivity contribution in [1.82, 2.24) is 14.9 Å². The average Bonchev–Trinajstić information content (AvgIpc) is 3.64. The van der Waals surface area contributed by atoms with Crippen LogP contribution >= 0.6 is 0 Å². The highest BCUT2D eigenvalue weighted by Crippen LogP contribution is 2.34. The normalized spacial score (nSPS) is 13.8. The Morgan fingerprint density at radius 3 is 1.70 bits per heavy atom. The van der Waals surface area contributed by atoms with Crippen LogP contribution in [0, 0.1) is 5.92 Å². The number of methoxy groups -OCH3 is 1. The molecule has 0 atom stereocenters. The van der Waals surface area contributed by atoms with Gasteiger partial charge in [-0.05, 0) is 37.3 Å². The summed E-state index contributed by atoms with van der Waals surface area (Å²) in [5, 5.41) is 9.56. The summed E-state index contributed by atoms with van der Waals surface area (Å²) in [6.45, 7) is 17.6. The van der Waals surface area contributed by atoms with Gasteiger partial charge in [0.15, 0.2) is 5.82 Å². The fourth-order valence-corrected chi connectivity index (χ4v) is 6.80. The zero-order chi connectivity index (χ0) is 36.2. The van der Waals surface area contributed by atoms with Crippen LogP contribution in [0.15, 0.2) is 28.3 Å². The van der Waals surface area contributed by atoms with Gasteiger partial charge in [-0.15, -0.1) is 9.89 Å². The smallest absolute Gasteiger partial charge is 0.204 e. The van der Waals surface area contributed by atoms with E-state index in [1.165, 1.54) is 134 Å². The van der Waals surface area contributed by atoms with E-state index in [0.717, 1.165) is 54.0 Å². The third-order valence-corrected chi connectivity index (χ3v) is 9.89. The van der Waals surface area contributed by atoms with Crippen LogP contribution in [0.3, 0.4) is 0 Å². The summed E-state index contributed by atoms with van der Waals surface area (Å²) < 4.78 is 6.00. The molecule has 7 nitrogen and oxygen atoms in total. The molecule has 7 heteroatoms. The van der Waals surface area contributed by atoms with Crippen LogP contribution < -0.4 is 9.64 Å². The molecule has 0 aliphatic carbocycles. The standard InChI is InChI=1S/C43H74N6O/c1-9-11-13-15-17-19-21-23-25-27-31-48(32-28-26-24-22-20-18-16-14-12-10-2)36-29-30-37(39(34-36)50-8)44-40-38(33-35(3)4)46-49-41(40)45-42(47-49)43(5,6)7/h29-30,34-35H,9-28,31-33H2,1-8H3. The van der Waals surface area contributed by atoms with Crippen LogP contribution in [0.4, 0.5) is 11.4 Å². The van der Waals surface area contributed by atoms with Crippen molar-refractivity contribution in [1.29, 1.82) is 0 Å². The lowest BCUT2D eigenvalue weighted by atomic mass is 9.96. The Bertz CT molecular complexity index is 1260. The first-order valence-electron chi connectivity index (χ1n) is 20.8. The number of aliphatic imine (C=N–C) groups is 1. The highest BCUT2D eigenvalue weighted by Gasteiger charge is 2.31. The van der Waals surface area contributed by atoms with Gasteiger partial charge in [-0.1, -0.05) is 164 Å². The van der Waals surface area contributed by atoms with Crippen LogP contribution in [0.1, 0.15) is 195 Å². The fourth-order valence-electron chi connectivity index (χ4n) is 6.80. The second kappa shape index (κ2) is 23.0. The van der Waals surface area contributed by atoms with E-state index >= 15 is 0 Å². The number of rotatable bonds is 27. The molecule has 0 radical (unpaired) electrons. The molecule has 0 bridgehead atoms. The highest BCUT2D eigenvalue weighted by atomic mass is 16.5. The highest BCUT2D eigenvalue weighted by molar-refractivity contribution is 6.49. The first-order chi connectivity index (χ1) is 24.2. The number of hydrogen-bond acceptors (Lipinski definition) is 6. The van der Waals surface area contributed by atoms with Gasteiger partial charge in [-0.25, -0.2) is 9.98 Å². The molecule has 1 aliphatic heterocycles. The predicted octanol–water partition coefficient (Wildman–Crippen LogP) is 12.6. The molecule has 1 aromatic heterocycles. The zero-order valence-corrected chi connectivity index (χ0v) is 33.7. The Hall–Kier alpha value is -2.70. The van der Waals surface area contributed by atoms with Crippen LogP contribution in [0.25, 0.3) is 0 Å². The summed E-state index contributed by atoms with van der Waals surface area (Å²) in [4.78, 5) is 14.4. The molecule has 2 aromatic rings.